The van der Waals surface area contributed by atoms with Gasteiger partial charge in [-0.3, -0.25) is 9.48 Å². The summed E-state index contributed by atoms with van der Waals surface area (Å²) in [5.41, 5.74) is 2.83. The predicted molar refractivity (Wildman–Crippen MR) is 97.6 cm³/mol. The molecule has 5 heteroatoms. The molecular formula is C20H27N3O2. The van der Waals surface area contributed by atoms with Crippen LogP contribution in [-0.2, 0) is 17.7 Å². The molecular weight excluding hydrogens is 314 g/mol. The van der Waals surface area contributed by atoms with Gasteiger partial charge in [-0.1, -0.05) is 30.3 Å². The van der Waals surface area contributed by atoms with Gasteiger partial charge >= 0.3 is 0 Å². The first-order valence-electron chi connectivity index (χ1n) is 9.12. The molecule has 0 aliphatic carbocycles. The number of amides is 1. The molecule has 1 aromatic carbocycles. The van der Waals surface area contributed by atoms with Crippen molar-refractivity contribution < 1.29 is 9.53 Å². The molecule has 2 heterocycles. The molecule has 1 unspecified atom stereocenters. The van der Waals surface area contributed by atoms with Crippen molar-refractivity contribution in [1.29, 1.82) is 0 Å². The van der Waals surface area contributed by atoms with Crippen LogP contribution in [0.4, 0.5) is 0 Å². The average molecular weight is 341 g/mol. The molecule has 0 N–H and O–H groups in total. The number of rotatable bonds is 7. The highest BCUT2D eigenvalue weighted by Gasteiger charge is 2.25. The number of ether oxygens (including phenoxy) is 1. The highest BCUT2D eigenvalue weighted by atomic mass is 16.5. The summed E-state index contributed by atoms with van der Waals surface area (Å²) >= 11 is 0. The topological polar surface area (TPSA) is 47.4 Å². The number of nitrogens with zero attached hydrogens (tertiary/aromatic N) is 3. The molecule has 0 radical (unpaired) electrons. The summed E-state index contributed by atoms with van der Waals surface area (Å²) in [5.74, 6) is 0.504. The second-order valence-electron chi connectivity index (χ2n) is 6.70. The van der Waals surface area contributed by atoms with Crippen molar-refractivity contribution in [2.45, 2.75) is 33.2 Å². The third kappa shape index (κ3) is 4.48. The number of hydrogen-bond donors (Lipinski definition) is 0. The number of carbonyl (C=O) groups excluding carboxylic acids is 1. The normalized spacial score (nSPS) is 17.0. The molecule has 1 saturated heterocycles. The Morgan fingerprint density at radius 1 is 1.36 bits per heavy atom. The van der Waals surface area contributed by atoms with Crippen molar-refractivity contribution in [3.63, 3.8) is 0 Å². The van der Waals surface area contributed by atoms with E-state index in [1.807, 2.05) is 43.0 Å². The molecule has 1 aromatic heterocycles. The van der Waals surface area contributed by atoms with E-state index in [9.17, 15) is 4.79 Å². The van der Waals surface area contributed by atoms with E-state index in [0.29, 0.717) is 24.7 Å². The Labute approximate surface area is 149 Å². The number of aryl methyl sites for hydroxylation is 2. The van der Waals surface area contributed by atoms with Crippen molar-refractivity contribution in [2.75, 3.05) is 26.3 Å². The summed E-state index contributed by atoms with van der Waals surface area (Å²) < 4.78 is 7.30. The Hall–Kier alpha value is -2.14. The summed E-state index contributed by atoms with van der Waals surface area (Å²) in [7, 11) is 0. The lowest BCUT2D eigenvalue weighted by atomic mass is 10.1. The van der Waals surface area contributed by atoms with Gasteiger partial charge in [-0.15, -0.1) is 0 Å². The smallest absolute Gasteiger partial charge is 0.272 e. The van der Waals surface area contributed by atoms with Crippen molar-refractivity contribution >= 4 is 5.91 Å². The monoisotopic (exact) mass is 341 g/mol. The molecule has 134 valence electrons. The average Bonchev–Trinajstić information content (AvgIpc) is 3.28. The summed E-state index contributed by atoms with van der Waals surface area (Å²) in [6, 6.07) is 12.2. The molecule has 0 bridgehead atoms. The van der Waals surface area contributed by atoms with Gasteiger partial charge in [0.2, 0.25) is 0 Å². The first-order valence-corrected chi connectivity index (χ1v) is 9.12. The van der Waals surface area contributed by atoms with E-state index in [1.54, 1.807) is 4.68 Å². The van der Waals surface area contributed by atoms with Gasteiger partial charge < -0.3 is 9.64 Å². The first-order chi connectivity index (χ1) is 12.2. The highest BCUT2D eigenvalue weighted by molar-refractivity contribution is 5.92. The molecule has 1 aliphatic heterocycles. The van der Waals surface area contributed by atoms with E-state index in [-0.39, 0.29) is 5.91 Å². The first kappa shape index (κ1) is 17.7. The van der Waals surface area contributed by atoms with Gasteiger partial charge in [0.25, 0.3) is 5.91 Å². The zero-order valence-electron chi connectivity index (χ0n) is 15.1. The molecule has 0 spiro atoms. The maximum Gasteiger partial charge on any atom is 0.272 e. The lowest BCUT2D eigenvalue weighted by Crippen LogP contribution is -2.38. The van der Waals surface area contributed by atoms with Crippen LogP contribution >= 0.6 is 0 Å². The van der Waals surface area contributed by atoms with Gasteiger partial charge in [0.15, 0.2) is 0 Å². The van der Waals surface area contributed by atoms with Gasteiger partial charge in [-0.05, 0) is 38.3 Å². The van der Waals surface area contributed by atoms with Crippen LogP contribution < -0.4 is 0 Å². The molecule has 1 fully saturated rings. The second kappa shape index (κ2) is 8.30. The summed E-state index contributed by atoms with van der Waals surface area (Å²) in [6.45, 7) is 7.67. The summed E-state index contributed by atoms with van der Waals surface area (Å²) in [5, 5.41) is 4.43. The Balaban J connectivity index is 1.75. The van der Waals surface area contributed by atoms with Crippen molar-refractivity contribution in [3.8, 4) is 0 Å². The third-order valence-corrected chi connectivity index (χ3v) is 4.72. The number of aromatic nitrogens is 2. The number of carbonyl (C=O) groups is 1. The second-order valence-corrected chi connectivity index (χ2v) is 6.70. The van der Waals surface area contributed by atoms with Gasteiger partial charge in [-0.2, -0.15) is 5.10 Å². The van der Waals surface area contributed by atoms with Crippen LogP contribution in [0.15, 0.2) is 36.4 Å². The Morgan fingerprint density at radius 2 is 2.16 bits per heavy atom. The minimum Gasteiger partial charge on any atom is -0.381 e. The third-order valence-electron chi connectivity index (χ3n) is 4.72. The zero-order valence-corrected chi connectivity index (χ0v) is 15.1. The van der Waals surface area contributed by atoms with Gasteiger partial charge in [0.1, 0.15) is 5.69 Å². The SMILES string of the molecule is CCn1nc(C)cc1C(=O)N(CCc1ccccc1)CC1CCOC1. The van der Waals surface area contributed by atoms with Crippen molar-refractivity contribution in [2.24, 2.45) is 5.92 Å². The van der Waals surface area contributed by atoms with E-state index < -0.39 is 0 Å². The molecule has 1 aliphatic rings. The molecule has 0 saturated carbocycles. The molecule has 5 nitrogen and oxygen atoms in total. The molecule has 2 aromatic rings. The number of hydrogen-bond acceptors (Lipinski definition) is 3. The molecule has 25 heavy (non-hydrogen) atoms. The fourth-order valence-corrected chi connectivity index (χ4v) is 3.34. The van der Waals surface area contributed by atoms with Crippen LogP contribution in [0.25, 0.3) is 0 Å². The van der Waals surface area contributed by atoms with E-state index in [4.69, 9.17) is 4.74 Å². The van der Waals surface area contributed by atoms with Crippen LogP contribution in [0.2, 0.25) is 0 Å². The Morgan fingerprint density at radius 3 is 2.84 bits per heavy atom. The van der Waals surface area contributed by atoms with Crippen molar-refractivity contribution in [1.82, 2.24) is 14.7 Å². The zero-order chi connectivity index (χ0) is 17.6. The fourth-order valence-electron chi connectivity index (χ4n) is 3.34. The van der Waals surface area contributed by atoms with E-state index >= 15 is 0 Å². The minimum absolute atomic E-state index is 0.0743. The predicted octanol–water partition coefficient (Wildman–Crippen LogP) is 2.93. The highest BCUT2D eigenvalue weighted by Crippen LogP contribution is 2.17. The van der Waals surface area contributed by atoms with Crippen molar-refractivity contribution in [3.05, 3.63) is 53.3 Å². The molecule has 1 amide bonds. The summed E-state index contributed by atoms with van der Waals surface area (Å²) in [4.78, 5) is 15.2. The molecule has 1 atom stereocenters. The van der Waals surface area contributed by atoms with Gasteiger partial charge in [-0.25, -0.2) is 0 Å². The van der Waals surface area contributed by atoms with Gasteiger partial charge in [0, 0.05) is 32.2 Å². The lowest BCUT2D eigenvalue weighted by molar-refractivity contribution is 0.0710. The van der Waals surface area contributed by atoms with E-state index in [2.05, 4.69) is 17.2 Å². The van der Waals surface area contributed by atoms with Crippen LogP contribution in [0.3, 0.4) is 0 Å². The van der Waals surface area contributed by atoms with Crippen LogP contribution in [0.5, 0.6) is 0 Å². The fraction of sp³-hybridized carbons (Fsp3) is 0.500. The Kier molecular flexibility index (Phi) is 5.87. The number of benzene rings is 1. The van der Waals surface area contributed by atoms with Crippen LogP contribution in [0.1, 0.15) is 35.1 Å². The maximum atomic E-state index is 13.2. The molecule has 3 rings (SSSR count). The van der Waals surface area contributed by atoms with Crippen LogP contribution in [0, 0.1) is 12.8 Å². The summed E-state index contributed by atoms with van der Waals surface area (Å²) in [6.07, 6.45) is 1.89. The van der Waals surface area contributed by atoms with Gasteiger partial charge in [0.05, 0.1) is 12.3 Å². The maximum absolute atomic E-state index is 13.2. The minimum atomic E-state index is 0.0743. The van der Waals surface area contributed by atoms with E-state index in [0.717, 1.165) is 38.3 Å². The van der Waals surface area contributed by atoms with E-state index in [1.165, 1.54) is 5.56 Å². The largest absolute Gasteiger partial charge is 0.381 e. The van der Waals surface area contributed by atoms with Crippen LogP contribution in [-0.4, -0.2) is 46.9 Å². The quantitative estimate of drug-likeness (QED) is 0.778. The standard InChI is InChI=1S/C20H27N3O2/c1-3-23-19(13-16(2)21-23)20(24)22(14-18-10-12-25-15-18)11-9-17-7-5-4-6-8-17/h4-8,13,18H,3,9-12,14-15H2,1-2H3. The Bertz CT molecular complexity index is 690. The lowest BCUT2D eigenvalue weighted by Gasteiger charge is -2.25.